The van der Waals surface area contributed by atoms with Crippen molar-refractivity contribution in [3.8, 4) is 0 Å². The van der Waals surface area contributed by atoms with E-state index in [0.717, 1.165) is 12.1 Å². The Bertz CT molecular complexity index is 1130. The van der Waals surface area contributed by atoms with Crippen molar-refractivity contribution in [2.75, 3.05) is 5.32 Å². The van der Waals surface area contributed by atoms with Crippen LogP contribution in [-0.2, 0) is 9.59 Å². The number of anilines is 1. The predicted octanol–water partition coefficient (Wildman–Crippen LogP) is 3.86. The third-order valence-corrected chi connectivity index (χ3v) is 7.66. The number of nitrogens with one attached hydrogen (secondary N) is 3. The maximum atomic E-state index is 15.1. The predicted molar refractivity (Wildman–Crippen MR) is 129 cm³/mol. The van der Waals surface area contributed by atoms with Crippen LogP contribution in [0.15, 0.2) is 36.4 Å². The average Bonchev–Trinajstić information content (AvgIpc) is 3.08. The summed E-state index contributed by atoms with van der Waals surface area (Å²) in [5.74, 6) is -5.83. The fraction of sp³-hybridized carbons (Fsp3) is 0.391. The molecule has 1 heterocycles. The van der Waals surface area contributed by atoms with E-state index in [2.05, 4.69) is 16.0 Å². The molecule has 0 radical (unpaired) electrons. The first-order chi connectivity index (χ1) is 16.0. The second-order valence-electron chi connectivity index (χ2n) is 8.97. The Labute approximate surface area is 212 Å². The highest BCUT2D eigenvalue weighted by atomic mass is 127. The molecule has 4 N–H and O–H groups in total. The lowest BCUT2D eigenvalue weighted by Crippen LogP contribution is -2.57. The van der Waals surface area contributed by atoms with Gasteiger partial charge in [0, 0.05) is 23.7 Å². The zero-order valence-corrected chi connectivity index (χ0v) is 20.8. The summed E-state index contributed by atoms with van der Waals surface area (Å²) in [7, 11) is 0. The number of benzene rings is 2. The minimum absolute atomic E-state index is 0.0300. The smallest absolute Gasteiger partial charge is 0.238 e. The summed E-state index contributed by atoms with van der Waals surface area (Å²) in [6.45, 7) is 1.67. The summed E-state index contributed by atoms with van der Waals surface area (Å²) >= 11 is 7.95. The first-order valence-corrected chi connectivity index (χ1v) is 12.2. The van der Waals surface area contributed by atoms with Gasteiger partial charge in [-0.2, -0.15) is 0 Å². The summed E-state index contributed by atoms with van der Waals surface area (Å²) in [5.41, 5.74) is -0.731. The summed E-state index contributed by atoms with van der Waals surface area (Å²) < 4.78 is 41.4. The first-order valence-electron chi connectivity index (χ1n) is 10.6. The fourth-order valence-corrected chi connectivity index (χ4v) is 5.99. The third-order valence-electron chi connectivity index (χ3n) is 6.23. The largest absolute Gasteiger partial charge is 0.390 e. The van der Waals surface area contributed by atoms with Crippen LogP contribution in [-0.4, -0.2) is 38.7 Å². The molecule has 0 unspecified atom stereocenters. The molecular weight excluding hydrogens is 586 g/mol. The number of hydrogen-bond donors (Lipinski definition) is 4. The fourth-order valence-electron chi connectivity index (χ4n) is 4.65. The summed E-state index contributed by atoms with van der Waals surface area (Å²) in [6, 6.07) is 6.10. The molecule has 2 amide bonds. The van der Waals surface area contributed by atoms with Crippen LogP contribution in [0.5, 0.6) is 0 Å². The molecule has 2 aromatic carbocycles. The number of aliphatic hydroxyl groups is 1. The second-order valence-corrected chi connectivity index (χ2v) is 10.7. The topological polar surface area (TPSA) is 90.5 Å². The van der Waals surface area contributed by atoms with Crippen LogP contribution in [0.3, 0.4) is 0 Å². The normalized spacial score (nSPS) is 30.5. The maximum Gasteiger partial charge on any atom is 0.238 e. The summed E-state index contributed by atoms with van der Waals surface area (Å²) in [5, 5.41) is 18.3. The Morgan fingerprint density at radius 2 is 1.85 bits per heavy atom. The van der Waals surface area contributed by atoms with Crippen molar-refractivity contribution in [1.29, 1.82) is 0 Å². The van der Waals surface area contributed by atoms with E-state index in [1.807, 2.05) is 22.6 Å². The first kappa shape index (κ1) is 25.2. The van der Waals surface area contributed by atoms with Gasteiger partial charge in [0.15, 0.2) is 11.6 Å². The minimum Gasteiger partial charge on any atom is -0.390 e. The molecule has 6 nitrogen and oxygen atoms in total. The number of rotatable bonds is 5. The van der Waals surface area contributed by atoms with Gasteiger partial charge in [-0.3, -0.25) is 14.9 Å². The summed E-state index contributed by atoms with van der Waals surface area (Å²) in [4.78, 5) is 26.4. The molecule has 182 valence electrons. The van der Waals surface area contributed by atoms with Crippen LogP contribution in [0.4, 0.5) is 18.9 Å². The zero-order chi connectivity index (χ0) is 24.8. The van der Waals surface area contributed by atoms with Gasteiger partial charge in [0.05, 0.1) is 26.6 Å². The Hall–Kier alpha value is -1.89. The molecule has 1 aliphatic heterocycles. The Morgan fingerprint density at radius 1 is 1.15 bits per heavy atom. The average molecular weight is 608 g/mol. The molecule has 2 aliphatic rings. The number of hydrogen-bond acceptors (Lipinski definition) is 4. The van der Waals surface area contributed by atoms with Crippen molar-refractivity contribution < 1.29 is 27.9 Å². The van der Waals surface area contributed by atoms with Gasteiger partial charge >= 0.3 is 0 Å². The van der Waals surface area contributed by atoms with Gasteiger partial charge in [-0.05, 0) is 43.5 Å². The second kappa shape index (κ2) is 9.63. The van der Waals surface area contributed by atoms with Crippen molar-refractivity contribution in [1.82, 2.24) is 10.6 Å². The van der Waals surface area contributed by atoms with E-state index in [-0.39, 0.29) is 22.3 Å². The standard InChI is InChI=1S/C23H22ClF3IN3O3/c1-23(34)8-11(9-23)30-22(33)19-16(12-3-2-4-13(24)18(12)27)17(20(28)31-19)21(32)29-10-5-6-14(25)15(26)7-10/h2-7,11,16-17,19-20,31,34H,8-9H2,1H3,(H,29,32)(H,30,33)/t11-,16-,17-,19-,20+,23+/m1/s1. The van der Waals surface area contributed by atoms with Crippen LogP contribution in [0.2, 0.25) is 5.02 Å². The molecule has 2 aromatic rings. The number of carbonyl (C=O) groups is 2. The van der Waals surface area contributed by atoms with Gasteiger partial charge in [0.2, 0.25) is 11.8 Å². The van der Waals surface area contributed by atoms with E-state index in [9.17, 15) is 23.5 Å². The highest BCUT2D eigenvalue weighted by Gasteiger charge is 2.51. The van der Waals surface area contributed by atoms with Crippen LogP contribution < -0.4 is 16.0 Å². The molecular formula is C23H22ClF3IN3O3. The molecule has 4 atom stereocenters. The molecule has 2 fully saturated rings. The van der Waals surface area contributed by atoms with E-state index in [1.165, 1.54) is 24.3 Å². The minimum atomic E-state index is -1.13. The third kappa shape index (κ3) is 5.05. The van der Waals surface area contributed by atoms with Gasteiger partial charge in [-0.1, -0.05) is 46.3 Å². The van der Waals surface area contributed by atoms with Gasteiger partial charge in [-0.25, -0.2) is 13.2 Å². The lowest BCUT2D eigenvalue weighted by atomic mass is 9.77. The number of carbonyl (C=O) groups excluding carboxylic acids is 2. The van der Waals surface area contributed by atoms with E-state index in [0.29, 0.717) is 12.8 Å². The monoisotopic (exact) mass is 607 g/mol. The van der Waals surface area contributed by atoms with E-state index in [1.54, 1.807) is 6.92 Å². The lowest BCUT2D eigenvalue weighted by Gasteiger charge is -2.41. The Morgan fingerprint density at radius 3 is 2.50 bits per heavy atom. The SMILES string of the molecule is C[C@]1(O)C[C@@H](NC(=O)[C@@H]2N[C@H](I)[C@H](C(=O)Nc3ccc(F)c(F)c3)[C@H]2c2cccc(Cl)c2F)C1. The molecule has 1 saturated carbocycles. The molecule has 4 rings (SSSR count). The molecule has 1 aliphatic carbocycles. The number of amides is 2. The molecule has 0 aromatic heterocycles. The van der Waals surface area contributed by atoms with Gasteiger partial charge < -0.3 is 15.7 Å². The van der Waals surface area contributed by atoms with Crippen molar-refractivity contribution >= 4 is 51.7 Å². The van der Waals surface area contributed by atoms with Crippen molar-refractivity contribution in [3.63, 3.8) is 0 Å². The lowest BCUT2D eigenvalue weighted by molar-refractivity contribution is -0.127. The Kier molecular flexibility index (Phi) is 7.14. The molecule has 34 heavy (non-hydrogen) atoms. The quantitative estimate of drug-likeness (QED) is 0.236. The van der Waals surface area contributed by atoms with Crippen molar-refractivity contribution in [2.24, 2.45) is 5.92 Å². The van der Waals surface area contributed by atoms with E-state index < -0.39 is 56.8 Å². The van der Waals surface area contributed by atoms with Crippen LogP contribution in [0, 0.1) is 23.4 Å². The van der Waals surface area contributed by atoms with Crippen molar-refractivity contribution in [3.05, 3.63) is 64.4 Å². The zero-order valence-electron chi connectivity index (χ0n) is 17.9. The maximum absolute atomic E-state index is 15.1. The van der Waals surface area contributed by atoms with E-state index >= 15 is 4.39 Å². The molecule has 0 bridgehead atoms. The molecule has 1 saturated heterocycles. The highest BCUT2D eigenvalue weighted by Crippen LogP contribution is 2.42. The van der Waals surface area contributed by atoms with Crippen LogP contribution in [0.25, 0.3) is 0 Å². The molecule has 11 heteroatoms. The van der Waals surface area contributed by atoms with Gasteiger partial charge in [-0.15, -0.1) is 0 Å². The van der Waals surface area contributed by atoms with Crippen molar-refractivity contribution in [2.45, 2.75) is 47.4 Å². The molecule has 0 spiro atoms. The summed E-state index contributed by atoms with van der Waals surface area (Å²) in [6.07, 6.45) is 0.769. The van der Waals surface area contributed by atoms with Crippen LogP contribution >= 0.6 is 34.2 Å². The van der Waals surface area contributed by atoms with Crippen LogP contribution in [0.1, 0.15) is 31.2 Å². The number of halogens is 5. The number of alkyl halides is 1. The highest BCUT2D eigenvalue weighted by molar-refractivity contribution is 14.1. The Balaban J connectivity index is 1.63. The van der Waals surface area contributed by atoms with Gasteiger partial charge in [0.25, 0.3) is 0 Å². The van der Waals surface area contributed by atoms with Gasteiger partial charge in [0.1, 0.15) is 5.82 Å². The van der Waals surface area contributed by atoms with E-state index in [4.69, 9.17) is 11.6 Å².